The Bertz CT molecular complexity index is 1120. The van der Waals surface area contributed by atoms with Gasteiger partial charge < -0.3 is 9.64 Å². The molecular formula is C22H24N4O3. The number of nitrogens with zero attached hydrogens (tertiary/aromatic N) is 4. The van der Waals surface area contributed by atoms with E-state index in [0.717, 1.165) is 16.5 Å². The molecule has 0 aliphatic carbocycles. The van der Waals surface area contributed by atoms with Crippen molar-refractivity contribution >= 4 is 17.1 Å². The fourth-order valence-corrected chi connectivity index (χ4v) is 3.67. The van der Waals surface area contributed by atoms with Crippen LogP contribution in [0.1, 0.15) is 37.5 Å². The molecule has 7 nitrogen and oxygen atoms in total. The first kappa shape index (κ1) is 19.1. The third kappa shape index (κ3) is 3.85. The van der Waals surface area contributed by atoms with Gasteiger partial charge >= 0.3 is 6.09 Å². The minimum absolute atomic E-state index is 0.122. The minimum atomic E-state index is -0.578. The van der Waals surface area contributed by atoms with Crippen LogP contribution in [0.4, 0.5) is 4.79 Å². The van der Waals surface area contributed by atoms with Crippen LogP contribution in [0.3, 0.4) is 0 Å². The van der Waals surface area contributed by atoms with Crippen molar-refractivity contribution in [2.24, 2.45) is 0 Å². The Balaban J connectivity index is 1.78. The van der Waals surface area contributed by atoms with Crippen molar-refractivity contribution in [3.63, 3.8) is 0 Å². The number of rotatable bonds is 2. The first-order chi connectivity index (χ1) is 13.8. The molecule has 3 aromatic rings. The number of hydrogen-bond acceptors (Lipinski definition) is 5. The van der Waals surface area contributed by atoms with Crippen LogP contribution in [-0.4, -0.2) is 37.7 Å². The molecule has 3 aromatic heterocycles. The van der Waals surface area contributed by atoms with Crippen LogP contribution in [0.2, 0.25) is 0 Å². The summed E-state index contributed by atoms with van der Waals surface area (Å²) in [6.45, 7) is 6.63. The van der Waals surface area contributed by atoms with E-state index in [1.54, 1.807) is 28.1 Å². The quantitative estimate of drug-likeness (QED) is 0.670. The Hall–Kier alpha value is -3.22. The molecule has 0 fully saturated rings. The summed E-state index contributed by atoms with van der Waals surface area (Å²) in [6, 6.07) is 7.64. The third-order valence-electron chi connectivity index (χ3n) is 4.93. The fraction of sp³-hybridized carbons (Fsp3) is 0.364. The molecule has 1 aliphatic rings. The standard InChI is InChI=1S/C22H24N4O3/c1-22(2,3)29-21(28)25-11-8-16-17-7-5-10-24-19(17)26(20(27)18(16)14-25)13-15-6-4-9-23-12-15/h4-7,9-10,12H,8,11,13-14H2,1-3H3. The van der Waals surface area contributed by atoms with E-state index in [0.29, 0.717) is 30.7 Å². The number of amides is 1. The molecule has 4 heterocycles. The highest BCUT2D eigenvalue weighted by Crippen LogP contribution is 2.25. The molecule has 0 atom stereocenters. The van der Waals surface area contributed by atoms with E-state index in [2.05, 4.69) is 9.97 Å². The second kappa shape index (κ2) is 7.31. The molecule has 0 bridgehead atoms. The van der Waals surface area contributed by atoms with Crippen molar-refractivity contribution in [2.45, 2.75) is 45.9 Å². The smallest absolute Gasteiger partial charge is 0.410 e. The van der Waals surface area contributed by atoms with Crippen molar-refractivity contribution in [1.29, 1.82) is 0 Å². The maximum Gasteiger partial charge on any atom is 0.410 e. The van der Waals surface area contributed by atoms with Gasteiger partial charge in [0.15, 0.2) is 0 Å². The van der Waals surface area contributed by atoms with Gasteiger partial charge in [-0.25, -0.2) is 9.78 Å². The summed E-state index contributed by atoms with van der Waals surface area (Å²) < 4.78 is 7.17. The molecule has 0 spiro atoms. The van der Waals surface area contributed by atoms with Crippen molar-refractivity contribution < 1.29 is 9.53 Å². The molecule has 29 heavy (non-hydrogen) atoms. The van der Waals surface area contributed by atoms with Crippen molar-refractivity contribution in [3.8, 4) is 0 Å². The van der Waals surface area contributed by atoms with Gasteiger partial charge in [0.05, 0.1) is 13.1 Å². The number of carbonyl (C=O) groups excluding carboxylic acids is 1. The van der Waals surface area contributed by atoms with Gasteiger partial charge in [-0.1, -0.05) is 6.07 Å². The molecule has 0 saturated carbocycles. The van der Waals surface area contributed by atoms with E-state index >= 15 is 0 Å². The van der Waals surface area contributed by atoms with Gasteiger partial charge in [0.25, 0.3) is 5.56 Å². The zero-order valence-electron chi connectivity index (χ0n) is 16.9. The molecule has 150 valence electrons. The summed E-state index contributed by atoms with van der Waals surface area (Å²) in [5, 5.41) is 0.954. The number of ether oxygens (including phenoxy) is 1. The average Bonchev–Trinajstić information content (AvgIpc) is 2.70. The van der Waals surface area contributed by atoms with E-state index in [1.807, 2.05) is 45.0 Å². The van der Waals surface area contributed by atoms with Crippen molar-refractivity contribution in [2.75, 3.05) is 6.54 Å². The molecular weight excluding hydrogens is 368 g/mol. The fourth-order valence-electron chi connectivity index (χ4n) is 3.67. The second-order valence-corrected chi connectivity index (χ2v) is 8.24. The number of hydrogen-bond donors (Lipinski definition) is 0. The summed E-state index contributed by atoms with van der Waals surface area (Å²) in [6.07, 6.45) is 5.35. The lowest BCUT2D eigenvalue weighted by Crippen LogP contribution is -2.43. The van der Waals surface area contributed by atoms with Gasteiger partial charge in [0, 0.05) is 36.1 Å². The molecule has 1 aliphatic heterocycles. The Labute approximate surface area is 169 Å². The highest BCUT2D eigenvalue weighted by molar-refractivity contribution is 5.81. The number of aromatic nitrogens is 3. The number of carbonyl (C=O) groups is 1. The zero-order chi connectivity index (χ0) is 20.6. The minimum Gasteiger partial charge on any atom is -0.444 e. The Kier molecular flexibility index (Phi) is 4.82. The lowest BCUT2D eigenvalue weighted by molar-refractivity contribution is 0.0223. The molecule has 0 N–H and O–H groups in total. The summed E-state index contributed by atoms with van der Waals surface area (Å²) in [5.41, 5.74) is 2.48. The first-order valence-corrected chi connectivity index (χ1v) is 9.69. The lowest BCUT2D eigenvalue weighted by atomic mass is 9.97. The Morgan fingerprint density at radius 3 is 2.69 bits per heavy atom. The highest BCUT2D eigenvalue weighted by atomic mass is 16.6. The molecule has 1 amide bonds. The number of fused-ring (bicyclic) bond motifs is 3. The van der Waals surface area contributed by atoms with Crippen LogP contribution in [0, 0.1) is 0 Å². The molecule has 0 saturated heterocycles. The van der Waals surface area contributed by atoms with Crippen LogP contribution < -0.4 is 5.56 Å². The van der Waals surface area contributed by atoms with Gasteiger partial charge in [0.1, 0.15) is 11.2 Å². The molecule has 0 aromatic carbocycles. The van der Waals surface area contributed by atoms with Crippen molar-refractivity contribution in [3.05, 3.63) is 69.9 Å². The van der Waals surface area contributed by atoms with E-state index in [9.17, 15) is 9.59 Å². The zero-order valence-corrected chi connectivity index (χ0v) is 16.9. The average molecular weight is 392 g/mol. The first-order valence-electron chi connectivity index (χ1n) is 9.69. The van der Waals surface area contributed by atoms with E-state index in [1.165, 1.54) is 0 Å². The molecule has 0 unspecified atom stereocenters. The van der Waals surface area contributed by atoms with Crippen LogP contribution in [-0.2, 0) is 24.2 Å². The molecule has 0 radical (unpaired) electrons. The summed E-state index contributed by atoms with van der Waals surface area (Å²) in [4.78, 5) is 36.2. The summed E-state index contributed by atoms with van der Waals surface area (Å²) in [5.74, 6) is 0. The topological polar surface area (TPSA) is 77.3 Å². The largest absolute Gasteiger partial charge is 0.444 e. The van der Waals surface area contributed by atoms with E-state index in [4.69, 9.17) is 4.74 Å². The third-order valence-corrected chi connectivity index (χ3v) is 4.93. The maximum absolute atomic E-state index is 13.4. The molecule has 4 rings (SSSR count). The SMILES string of the molecule is CC(C)(C)OC(=O)N1CCc2c(c(=O)n(Cc3cccnc3)c3ncccc23)C1. The Morgan fingerprint density at radius 2 is 1.97 bits per heavy atom. The monoisotopic (exact) mass is 392 g/mol. The van der Waals surface area contributed by atoms with Gasteiger partial charge in [0.2, 0.25) is 0 Å². The van der Waals surface area contributed by atoms with Gasteiger partial charge in [-0.05, 0) is 56.5 Å². The predicted molar refractivity (Wildman–Crippen MR) is 110 cm³/mol. The van der Waals surface area contributed by atoms with E-state index < -0.39 is 11.7 Å². The van der Waals surface area contributed by atoms with Crippen LogP contribution in [0.15, 0.2) is 47.7 Å². The summed E-state index contributed by atoms with van der Waals surface area (Å²) in [7, 11) is 0. The van der Waals surface area contributed by atoms with Crippen LogP contribution >= 0.6 is 0 Å². The van der Waals surface area contributed by atoms with Crippen LogP contribution in [0.5, 0.6) is 0 Å². The molecule has 7 heteroatoms. The normalized spacial score (nSPS) is 14.0. The van der Waals surface area contributed by atoms with E-state index in [-0.39, 0.29) is 12.1 Å². The second-order valence-electron chi connectivity index (χ2n) is 8.24. The number of pyridine rings is 3. The van der Waals surface area contributed by atoms with Crippen LogP contribution in [0.25, 0.3) is 11.0 Å². The lowest BCUT2D eigenvalue weighted by Gasteiger charge is -2.31. The Morgan fingerprint density at radius 1 is 1.17 bits per heavy atom. The summed E-state index contributed by atoms with van der Waals surface area (Å²) >= 11 is 0. The maximum atomic E-state index is 13.4. The predicted octanol–water partition coefficient (Wildman–Crippen LogP) is 3.13. The highest BCUT2D eigenvalue weighted by Gasteiger charge is 2.29. The van der Waals surface area contributed by atoms with Crippen molar-refractivity contribution in [1.82, 2.24) is 19.4 Å². The van der Waals surface area contributed by atoms with Gasteiger partial charge in [-0.2, -0.15) is 0 Å². The van der Waals surface area contributed by atoms with Gasteiger partial charge in [-0.3, -0.25) is 14.3 Å². The van der Waals surface area contributed by atoms with Gasteiger partial charge in [-0.15, -0.1) is 0 Å².